The number of carbonyl (C=O) groups excluding carboxylic acids is 1. The van der Waals surface area contributed by atoms with Gasteiger partial charge in [-0.15, -0.1) is 5.10 Å². The van der Waals surface area contributed by atoms with Gasteiger partial charge in [-0.05, 0) is 28.9 Å². The number of aromatic nitrogens is 3. The Bertz CT molecular complexity index is 903. The molecule has 1 aliphatic heterocycles. The van der Waals surface area contributed by atoms with Crippen molar-refractivity contribution < 1.29 is 9.90 Å². The van der Waals surface area contributed by atoms with E-state index in [-0.39, 0.29) is 28.9 Å². The summed E-state index contributed by atoms with van der Waals surface area (Å²) in [5, 5.41) is 18.6. The zero-order valence-electron chi connectivity index (χ0n) is 15.1. The van der Waals surface area contributed by atoms with Crippen LogP contribution in [-0.2, 0) is 4.79 Å². The third-order valence-corrected chi connectivity index (χ3v) is 5.51. The van der Waals surface area contributed by atoms with E-state index >= 15 is 0 Å². The van der Waals surface area contributed by atoms with Crippen molar-refractivity contribution in [3.63, 3.8) is 0 Å². The zero-order valence-corrected chi connectivity index (χ0v) is 15.9. The van der Waals surface area contributed by atoms with Crippen molar-refractivity contribution in [1.82, 2.24) is 14.8 Å². The summed E-state index contributed by atoms with van der Waals surface area (Å²) in [6.07, 6.45) is 2.62. The predicted molar refractivity (Wildman–Crippen MR) is 101 cm³/mol. The number of hydrogen-bond acceptors (Lipinski definition) is 6. The van der Waals surface area contributed by atoms with E-state index in [1.807, 2.05) is 6.07 Å². The van der Waals surface area contributed by atoms with E-state index in [4.69, 9.17) is 0 Å². The van der Waals surface area contributed by atoms with Crippen molar-refractivity contribution >= 4 is 23.5 Å². The maximum absolute atomic E-state index is 13.0. The van der Waals surface area contributed by atoms with E-state index in [1.54, 1.807) is 34.6 Å². The lowest BCUT2D eigenvalue weighted by Crippen LogP contribution is -2.42. The van der Waals surface area contributed by atoms with Gasteiger partial charge >= 0.3 is 0 Å². The molecule has 2 heterocycles. The second kappa shape index (κ2) is 6.16. The highest BCUT2D eigenvalue weighted by Gasteiger charge is 2.45. The van der Waals surface area contributed by atoms with Crippen molar-refractivity contribution in [3.8, 4) is 5.75 Å². The minimum atomic E-state index is -0.349. The molecule has 2 aliphatic rings. The number of phenolic OH excluding ortho intramolecular Hbond substituents is 1. The molecule has 0 spiro atoms. The Hall–Kier alpha value is -2.28. The number of rotatable bonds is 3. The number of nitrogens with one attached hydrogen (secondary N) is 1. The molecule has 0 bridgehead atoms. The van der Waals surface area contributed by atoms with Crippen LogP contribution in [0.25, 0.3) is 0 Å². The molecule has 1 aliphatic carbocycles. The number of phenols is 1. The van der Waals surface area contributed by atoms with E-state index in [0.29, 0.717) is 17.5 Å². The average molecular weight is 370 g/mol. The molecule has 0 unspecified atom stereocenters. The summed E-state index contributed by atoms with van der Waals surface area (Å²) in [5.74, 6) is 1.53. The van der Waals surface area contributed by atoms with Crippen LogP contribution in [0.3, 0.4) is 0 Å². The van der Waals surface area contributed by atoms with Crippen LogP contribution >= 0.6 is 11.8 Å². The fourth-order valence-electron chi connectivity index (χ4n) is 3.84. The van der Waals surface area contributed by atoms with Crippen LogP contribution in [0.4, 0.5) is 5.95 Å². The van der Waals surface area contributed by atoms with E-state index in [1.165, 1.54) is 0 Å². The first-order valence-electron chi connectivity index (χ1n) is 8.79. The standard InChI is InChI=1S/C19H22N4O2S/c1-4-26-18-21-17-20-13-9-19(2,3)10-14(25)15(13)16(23(17)22-18)11-6-5-7-12(24)8-11/h5-9,15-16,24H,4,10H2,1-3H3,(H,20,21,22)/t15-,16-/m0/s1. The number of allylic oxidation sites excluding steroid dienone is 2. The minimum absolute atomic E-state index is 0.180. The number of ketones is 1. The molecule has 1 aromatic heterocycles. The largest absolute Gasteiger partial charge is 0.508 e. The number of benzene rings is 1. The van der Waals surface area contributed by atoms with Crippen LogP contribution < -0.4 is 5.32 Å². The fraction of sp³-hybridized carbons (Fsp3) is 0.421. The summed E-state index contributed by atoms with van der Waals surface area (Å²) in [6, 6.07) is 6.75. The molecule has 2 atom stereocenters. The second-order valence-corrected chi connectivity index (χ2v) is 8.70. The molecule has 0 amide bonds. The first-order chi connectivity index (χ1) is 12.4. The number of nitrogens with zero attached hydrogens (tertiary/aromatic N) is 3. The summed E-state index contributed by atoms with van der Waals surface area (Å²) in [4.78, 5) is 17.6. The van der Waals surface area contributed by atoms with Crippen molar-refractivity contribution in [2.24, 2.45) is 11.3 Å². The molecule has 2 aromatic rings. The second-order valence-electron chi connectivity index (χ2n) is 7.47. The van der Waals surface area contributed by atoms with E-state index < -0.39 is 0 Å². The number of Topliss-reactive ketones (excluding diaryl/α,β-unsaturated/α-hetero) is 1. The Morgan fingerprint density at radius 2 is 2.23 bits per heavy atom. The summed E-state index contributed by atoms with van der Waals surface area (Å²) in [7, 11) is 0. The smallest absolute Gasteiger partial charge is 0.227 e. The Labute approximate surface area is 156 Å². The Morgan fingerprint density at radius 1 is 1.42 bits per heavy atom. The summed E-state index contributed by atoms with van der Waals surface area (Å²) >= 11 is 1.57. The number of carbonyl (C=O) groups is 1. The lowest BCUT2D eigenvalue weighted by molar-refractivity contribution is -0.125. The van der Waals surface area contributed by atoms with Crippen LogP contribution in [-0.4, -0.2) is 31.4 Å². The fourth-order valence-corrected chi connectivity index (χ4v) is 4.39. The van der Waals surface area contributed by atoms with Gasteiger partial charge in [-0.1, -0.05) is 50.7 Å². The number of anilines is 1. The summed E-state index contributed by atoms with van der Waals surface area (Å²) in [5.41, 5.74) is 1.55. The van der Waals surface area contributed by atoms with Crippen LogP contribution in [0.15, 0.2) is 41.2 Å². The Morgan fingerprint density at radius 3 is 2.96 bits per heavy atom. The topological polar surface area (TPSA) is 80.0 Å². The molecule has 0 fully saturated rings. The number of aromatic hydroxyl groups is 1. The third-order valence-electron chi connectivity index (χ3n) is 4.79. The molecule has 6 nitrogen and oxygen atoms in total. The van der Waals surface area contributed by atoms with Gasteiger partial charge in [0, 0.05) is 12.1 Å². The van der Waals surface area contributed by atoms with Gasteiger partial charge in [-0.2, -0.15) is 4.98 Å². The van der Waals surface area contributed by atoms with Gasteiger partial charge in [0.1, 0.15) is 11.5 Å². The van der Waals surface area contributed by atoms with Crippen molar-refractivity contribution in [2.45, 2.75) is 38.4 Å². The SMILES string of the molecule is CCSc1nc2n(n1)[C@@H](c1cccc(O)c1)[C@@H]1C(=O)CC(C)(C)C=C1N2. The van der Waals surface area contributed by atoms with Crippen molar-refractivity contribution in [3.05, 3.63) is 41.6 Å². The molecular formula is C19H22N4O2S. The third kappa shape index (κ3) is 2.90. The van der Waals surface area contributed by atoms with Crippen LogP contribution in [0.1, 0.15) is 38.8 Å². The first kappa shape index (κ1) is 17.1. The zero-order chi connectivity index (χ0) is 18.5. The van der Waals surface area contributed by atoms with Gasteiger partial charge in [0.15, 0.2) is 0 Å². The molecule has 2 N–H and O–H groups in total. The van der Waals surface area contributed by atoms with E-state index in [0.717, 1.165) is 17.0 Å². The first-order valence-corrected chi connectivity index (χ1v) is 9.77. The summed E-state index contributed by atoms with van der Waals surface area (Å²) < 4.78 is 1.80. The maximum atomic E-state index is 13.0. The predicted octanol–water partition coefficient (Wildman–Crippen LogP) is 3.61. The van der Waals surface area contributed by atoms with Crippen LogP contribution in [0.5, 0.6) is 5.75 Å². The molecule has 136 valence electrons. The van der Waals surface area contributed by atoms with Gasteiger partial charge in [-0.25, -0.2) is 4.68 Å². The molecule has 1 aromatic carbocycles. The van der Waals surface area contributed by atoms with Gasteiger partial charge < -0.3 is 10.4 Å². The van der Waals surface area contributed by atoms with Crippen molar-refractivity contribution in [2.75, 3.05) is 11.1 Å². The number of hydrogen-bond donors (Lipinski definition) is 2. The average Bonchev–Trinajstić information content (AvgIpc) is 2.94. The molecular weight excluding hydrogens is 348 g/mol. The van der Waals surface area contributed by atoms with E-state index in [9.17, 15) is 9.90 Å². The highest BCUT2D eigenvalue weighted by molar-refractivity contribution is 7.99. The van der Waals surface area contributed by atoms with Crippen LogP contribution in [0, 0.1) is 11.3 Å². The monoisotopic (exact) mass is 370 g/mol. The molecule has 0 saturated heterocycles. The summed E-state index contributed by atoms with van der Waals surface area (Å²) in [6.45, 7) is 6.19. The maximum Gasteiger partial charge on any atom is 0.227 e. The van der Waals surface area contributed by atoms with Crippen molar-refractivity contribution in [1.29, 1.82) is 0 Å². The lowest BCUT2D eigenvalue weighted by atomic mass is 9.72. The minimum Gasteiger partial charge on any atom is -0.508 e. The number of thioether (sulfide) groups is 1. The highest BCUT2D eigenvalue weighted by Crippen LogP contribution is 2.45. The van der Waals surface area contributed by atoms with E-state index in [2.05, 4.69) is 42.2 Å². The number of fused-ring (bicyclic) bond motifs is 2. The van der Waals surface area contributed by atoms with Gasteiger partial charge in [0.2, 0.25) is 11.1 Å². The van der Waals surface area contributed by atoms with Crippen LogP contribution in [0.2, 0.25) is 0 Å². The van der Waals surface area contributed by atoms with Gasteiger partial charge in [0.05, 0.1) is 12.0 Å². The molecule has 0 radical (unpaired) electrons. The molecule has 0 saturated carbocycles. The lowest BCUT2D eigenvalue weighted by Gasteiger charge is -2.40. The quantitative estimate of drug-likeness (QED) is 0.804. The van der Waals surface area contributed by atoms with Gasteiger partial charge in [0.25, 0.3) is 0 Å². The Kier molecular flexibility index (Phi) is 4.06. The Balaban J connectivity index is 1.90. The molecule has 4 rings (SSSR count). The van der Waals surface area contributed by atoms with Gasteiger partial charge in [-0.3, -0.25) is 4.79 Å². The normalized spacial score (nSPS) is 23.7. The highest BCUT2D eigenvalue weighted by atomic mass is 32.2. The molecule has 7 heteroatoms. The molecule has 26 heavy (non-hydrogen) atoms.